The first-order chi connectivity index (χ1) is 8.70. The highest BCUT2D eigenvalue weighted by Crippen LogP contribution is 2.36. The number of thiophene rings is 1. The summed E-state index contributed by atoms with van der Waals surface area (Å²) in [6, 6.07) is 3.90. The van der Waals surface area contributed by atoms with Gasteiger partial charge in [0.05, 0.1) is 17.0 Å². The fourth-order valence-electron chi connectivity index (χ4n) is 2.46. The van der Waals surface area contributed by atoms with Crippen molar-refractivity contribution in [3.8, 4) is 11.3 Å². The smallest absolute Gasteiger partial charge is 0.337 e. The van der Waals surface area contributed by atoms with Crippen LogP contribution in [0.4, 0.5) is 0 Å². The lowest BCUT2D eigenvalue weighted by Gasteiger charge is -2.17. The number of hydrogen-bond donors (Lipinski definition) is 1. The average Bonchev–Trinajstić information content (AvgIpc) is 2.85. The minimum absolute atomic E-state index is 0.356. The number of aromatic nitrogens is 1. The molecule has 92 valence electrons. The van der Waals surface area contributed by atoms with Crippen LogP contribution in [0.15, 0.2) is 17.5 Å². The van der Waals surface area contributed by atoms with E-state index in [4.69, 9.17) is 0 Å². The molecule has 1 aliphatic rings. The molecule has 0 spiro atoms. The molecule has 2 aromatic rings. The quantitative estimate of drug-likeness (QED) is 0.901. The second-order valence-electron chi connectivity index (χ2n) is 4.41. The van der Waals surface area contributed by atoms with Gasteiger partial charge in [0.15, 0.2) is 0 Å². The lowest BCUT2D eigenvalue weighted by molar-refractivity contribution is 0.0695. The van der Waals surface area contributed by atoms with Crippen LogP contribution in [0.5, 0.6) is 0 Å². The van der Waals surface area contributed by atoms with Gasteiger partial charge in [0, 0.05) is 10.4 Å². The first kappa shape index (κ1) is 11.4. The number of carboxylic acids is 1. The Bertz CT molecular complexity index is 631. The molecule has 2 aromatic heterocycles. The highest BCUT2D eigenvalue weighted by molar-refractivity contribution is 7.10. The maximum atomic E-state index is 11.2. The number of hydrogen-bond acceptors (Lipinski definition) is 3. The van der Waals surface area contributed by atoms with Crippen LogP contribution < -0.4 is 0 Å². The van der Waals surface area contributed by atoms with Crippen LogP contribution >= 0.6 is 11.3 Å². The van der Waals surface area contributed by atoms with E-state index >= 15 is 0 Å². The molecule has 0 fully saturated rings. The Morgan fingerprint density at radius 2 is 2.33 bits per heavy atom. The van der Waals surface area contributed by atoms with E-state index in [0.717, 1.165) is 24.1 Å². The minimum atomic E-state index is -0.877. The molecule has 0 radical (unpaired) electrons. The number of pyridine rings is 1. The van der Waals surface area contributed by atoms with Crippen molar-refractivity contribution in [2.24, 2.45) is 0 Å². The Morgan fingerprint density at radius 3 is 3.06 bits per heavy atom. The predicted octanol–water partition coefficient (Wildman–Crippen LogP) is 3.17. The maximum Gasteiger partial charge on any atom is 0.337 e. The van der Waals surface area contributed by atoms with Crippen LogP contribution in [0.3, 0.4) is 0 Å². The van der Waals surface area contributed by atoms with E-state index in [2.05, 4.69) is 16.4 Å². The molecule has 1 aliphatic carbocycles. The second kappa shape index (κ2) is 4.21. The van der Waals surface area contributed by atoms with E-state index < -0.39 is 5.97 Å². The summed E-state index contributed by atoms with van der Waals surface area (Å²) in [5.41, 5.74) is 4.28. The van der Waals surface area contributed by atoms with Crippen molar-refractivity contribution in [2.45, 2.75) is 26.2 Å². The molecule has 0 aliphatic heterocycles. The average molecular weight is 259 g/mol. The van der Waals surface area contributed by atoms with Crippen molar-refractivity contribution >= 4 is 17.3 Å². The molecule has 0 atom stereocenters. The normalized spacial score (nSPS) is 12.9. The molecule has 3 rings (SSSR count). The van der Waals surface area contributed by atoms with Gasteiger partial charge in [0.25, 0.3) is 0 Å². The van der Waals surface area contributed by atoms with Gasteiger partial charge in [-0.2, -0.15) is 0 Å². The van der Waals surface area contributed by atoms with Crippen molar-refractivity contribution < 1.29 is 9.90 Å². The molecule has 4 heteroatoms. The largest absolute Gasteiger partial charge is 0.478 e. The lowest BCUT2D eigenvalue weighted by atomic mass is 9.93. The molecule has 18 heavy (non-hydrogen) atoms. The second-order valence-corrected chi connectivity index (χ2v) is 5.41. The van der Waals surface area contributed by atoms with Gasteiger partial charge < -0.3 is 5.11 Å². The fraction of sp³-hybridized carbons (Fsp3) is 0.286. The van der Waals surface area contributed by atoms with E-state index in [9.17, 15) is 9.90 Å². The highest BCUT2D eigenvalue weighted by atomic mass is 32.1. The summed E-state index contributed by atoms with van der Waals surface area (Å²) in [4.78, 5) is 17.2. The van der Waals surface area contributed by atoms with Crippen molar-refractivity contribution in [1.82, 2.24) is 4.98 Å². The lowest BCUT2D eigenvalue weighted by Crippen LogP contribution is -2.11. The summed E-state index contributed by atoms with van der Waals surface area (Å²) >= 11 is 1.76. The standard InChI is InChI=1S/C14H13NO2S/c1-2-11-10(14(16)17)7-8-3-4-12-9(5-6-18-12)13(8)15-11/h5-7H,2-4H2,1H3,(H,16,17). The van der Waals surface area contributed by atoms with Gasteiger partial charge in [0.2, 0.25) is 0 Å². The third kappa shape index (κ3) is 1.64. The Morgan fingerprint density at radius 1 is 1.50 bits per heavy atom. The summed E-state index contributed by atoms with van der Waals surface area (Å²) in [6.45, 7) is 1.94. The summed E-state index contributed by atoms with van der Waals surface area (Å²) in [6.07, 6.45) is 2.53. The Kier molecular flexibility index (Phi) is 2.67. The summed E-state index contributed by atoms with van der Waals surface area (Å²) in [5.74, 6) is -0.877. The zero-order valence-electron chi connectivity index (χ0n) is 10.1. The van der Waals surface area contributed by atoms with Crippen molar-refractivity contribution in [1.29, 1.82) is 0 Å². The van der Waals surface area contributed by atoms with Gasteiger partial charge in [-0.05, 0) is 42.3 Å². The molecule has 0 saturated carbocycles. The Labute approximate surface area is 109 Å². The van der Waals surface area contributed by atoms with Gasteiger partial charge in [0.1, 0.15) is 0 Å². The number of nitrogens with zero attached hydrogens (tertiary/aromatic N) is 1. The molecule has 3 nitrogen and oxygen atoms in total. The number of fused-ring (bicyclic) bond motifs is 3. The van der Waals surface area contributed by atoms with E-state index in [0.29, 0.717) is 17.7 Å². The third-order valence-corrected chi connectivity index (χ3v) is 4.35. The molecular formula is C14H13NO2S. The number of carboxylic acid groups (broad SMARTS) is 1. The summed E-state index contributed by atoms with van der Waals surface area (Å²) in [5, 5.41) is 11.3. The van der Waals surface area contributed by atoms with Gasteiger partial charge >= 0.3 is 5.97 Å². The number of aryl methyl sites for hydroxylation is 3. The van der Waals surface area contributed by atoms with E-state index in [1.807, 2.05) is 13.0 Å². The third-order valence-electron chi connectivity index (χ3n) is 3.37. The summed E-state index contributed by atoms with van der Waals surface area (Å²) < 4.78 is 0. The topological polar surface area (TPSA) is 50.2 Å². The Balaban J connectivity index is 2.23. The molecule has 1 N–H and O–H groups in total. The number of rotatable bonds is 2. The van der Waals surface area contributed by atoms with Crippen molar-refractivity contribution in [2.75, 3.05) is 0 Å². The molecular weight excluding hydrogens is 246 g/mol. The number of carbonyl (C=O) groups is 1. The Hall–Kier alpha value is -1.68. The first-order valence-electron chi connectivity index (χ1n) is 6.03. The van der Waals surface area contributed by atoms with Crippen LogP contribution in [-0.2, 0) is 19.3 Å². The monoisotopic (exact) mass is 259 g/mol. The van der Waals surface area contributed by atoms with Gasteiger partial charge in [-0.3, -0.25) is 4.98 Å². The SMILES string of the molecule is CCc1nc2c(cc1C(=O)O)CCc1sccc1-2. The van der Waals surface area contributed by atoms with Crippen molar-refractivity contribution in [3.63, 3.8) is 0 Å². The maximum absolute atomic E-state index is 11.2. The van der Waals surface area contributed by atoms with Gasteiger partial charge in [-0.25, -0.2) is 4.79 Å². The van der Waals surface area contributed by atoms with Crippen molar-refractivity contribution in [3.05, 3.63) is 39.2 Å². The zero-order valence-corrected chi connectivity index (χ0v) is 10.9. The molecule has 0 amide bonds. The highest BCUT2D eigenvalue weighted by Gasteiger charge is 2.22. The van der Waals surface area contributed by atoms with Crippen LogP contribution in [0.25, 0.3) is 11.3 Å². The molecule has 2 heterocycles. The van der Waals surface area contributed by atoms with Crippen LogP contribution in [0.2, 0.25) is 0 Å². The summed E-state index contributed by atoms with van der Waals surface area (Å²) in [7, 11) is 0. The van der Waals surface area contributed by atoms with Crippen LogP contribution in [0, 0.1) is 0 Å². The van der Waals surface area contributed by atoms with Gasteiger partial charge in [-0.1, -0.05) is 6.92 Å². The fourth-order valence-corrected chi connectivity index (χ4v) is 3.34. The van der Waals surface area contributed by atoms with Crippen LogP contribution in [0.1, 0.15) is 33.4 Å². The van der Waals surface area contributed by atoms with E-state index in [1.54, 1.807) is 11.3 Å². The molecule has 0 saturated heterocycles. The minimum Gasteiger partial charge on any atom is -0.478 e. The predicted molar refractivity (Wildman–Crippen MR) is 71.3 cm³/mol. The molecule has 0 aromatic carbocycles. The van der Waals surface area contributed by atoms with Gasteiger partial charge in [-0.15, -0.1) is 11.3 Å². The van der Waals surface area contributed by atoms with E-state index in [-0.39, 0.29) is 0 Å². The van der Waals surface area contributed by atoms with E-state index in [1.165, 1.54) is 10.4 Å². The zero-order chi connectivity index (χ0) is 12.7. The van der Waals surface area contributed by atoms with Crippen LogP contribution in [-0.4, -0.2) is 16.1 Å². The first-order valence-corrected chi connectivity index (χ1v) is 6.91. The number of aromatic carboxylic acids is 1. The molecule has 0 unspecified atom stereocenters. The molecule has 0 bridgehead atoms.